The van der Waals surface area contributed by atoms with Crippen LogP contribution in [0.3, 0.4) is 0 Å². The molecule has 0 amide bonds. The number of fused-ring (bicyclic) bond motifs is 2. The Morgan fingerprint density at radius 2 is 1.08 bits per heavy atom. The van der Waals surface area contributed by atoms with E-state index in [9.17, 15) is 10.2 Å². The minimum absolute atomic E-state index is 0.902. The lowest BCUT2D eigenvalue weighted by Gasteiger charge is -2.33. The van der Waals surface area contributed by atoms with Crippen LogP contribution in [0.15, 0.2) is 46.2 Å². The second-order valence-electron chi connectivity index (χ2n) is 11.4. The zero-order chi connectivity index (χ0) is 27.6. The van der Waals surface area contributed by atoms with Gasteiger partial charge in [-0.05, 0) is 70.5 Å². The van der Waals surface area contributed by atoms with Crippen LogP contribution in [0.4, 0.5) is 11.4 Å². The summed E-state index contributed by atoms with van der Waals surface area (Å²) in [6, 6.07) is 12.7. The summed E-state index contributed by atoms with van der Waals surface area (Å²) in [4.78, 5) is 4.77. The van der Waals surface area contributed by atoms with Gasteiger partial charge in [0.25, 0.3) is 0 Å². The third kappa shape index (κ3) is 10.1. The van der Waals surface area contributed by atoms with Gasteiger partial charge in [-0.15, -0.1) is 0 Å². The number of benzene rings is 2. The van der Waals surface area contributed by atoms with Crippen molar-refractivity contribution in [1.82, 2.24) is 0 Å². The van der Waals surface area contributed by atoms with E-state index in [4.69, 9.17) is 0 Å². The van der Waals surface area contributed by atoms with Gasteiger partial charge in [0.15, 0.2) is 0 Å². The number of anilines is 2. The first-order valence-corrected chi connectivity index (χ1v) is 15.1. The molecule has 0 spiro atoms. The van der Waals surface area contributed by atoms with Crippen LogP contribution < -0.4 is 4.90 Å². The van der Waals surface area contributed by atoms with Crippen molar-refractivity contribution in [2.24, 2.45) is 0 Å². The van der Waals surface area contributed by atoms with Gasteiger partial charge in [0, 0.05) is 27.5 Å². The SMILES string of the molecule is CCCCCCCCCCCCN1c2ccc(C#CC(C)(C)O)cc2Sc2cc(C#CC(C)(C)O)ccc21. The Hall–Kier alpha value is -2.37. The molecule has 2 aromatic carbocycles. The Labute approximate surface area is 235 Å². The van der Waals surface area contributed by atoms with Crippen LogP contribution in [0.2, 0.25) is 0 Å². The molecule has 1 aliphatic heterocycles. The zero-order valence-electron chi connectivity index (χ0n) is 24.0. The topological polar surface area (TPSA) is 43.7 Å². The maximum atomic E-state index is 10.0. The van der Waals surface area contributed by atoms with Crippen LogP contribution in [0.1, 0.15) is 110 Å². The first kappa shape index (κ1) is 30.2. The minimum Gasteiger partial charge on any atom is -0.378 e. The van der Waals surface area contributed by atoms with E-state index < -0.39 is 11.2 Å². The third-order valence-electron chi connectivity index (χ3n) is 6.48. The molecule has 3 rings (SSSR count). The predicted molar refractivity (Wildman–Crippen MR) is 162 cm³/mol. The molecule has 2 N–H and O–H groups in total. The van der Waals surface area contributed by atoms with E-state index in [0.29, 0.717) is 0 Å². The molecule has 38 heavy (non-hydrogen) atoms. The summed E-state index contributed by atoms with van der Waals surface area (Å²) in [5, 5.41) is 20.1. The van der Waals surface area contributed by atoms with Crippen molar-refractivity contribution in [2.45, 2.75) is 120 Å². The highest BCUT2D eigenvalue weighted by molar-refractivity contribution is 7.99. The molecule has 0 aromatic heterocycles. The van der Waals surface area contributed by atoms with Crippen LogP contribution in [-0.4, -0.2) is 28.0 Å². The average Bonchev–Trinajstić information content (AvgIpc) is 2.85. The molecule has 0 saturated heterocycles. The molecular weight excluding hydrogens is 486 g/mol. The van der Waals surface area contributed by atoms with E-state index in [2.05, 4.69) is 71.9 Å². The molecule has 0 saturated carbocycles. The van der Waals surface area contributed by atoms with E-state index in [-0.39, 0.29) is 0 Å². The summed E-state index contributed by atoms with van der Waals surface area (Å²) in [6.07, 6.45) is 13.2. The fourth-order valence-electron chi connectivity index (χ4n) is 4.49. The lowest BCUT2D eigenvalue weighted by Crippen LogP contribution is -2.22. The molecule has 0 unspecified atom stereocenters. The first-order valence-electron chi connectivity index (χ1n) is 14.3. The molecule has 0 atom stereocenters. The fraction of sp³-hybridized carbons (Fsp3) is 0.529. The summed E-state index contributed by atoms with van der Waals surface area (Å²) in [6.45, 7) is 10.1. The summed E-state index contributed by atoms with van der Waals surface area (Å²) < 4.78 is 0. The van der Waals surface area contributed by atoms with Gasteiger partial charge in [-0.1, -0.05) is 100 Å². The van der Waals surface area contributed by atoms with Gasteiger partial charge in [0.05, 0.1) is 11.4 Å². The Balaban J connectivity index is 1.74. The second kappa shape index (κ2) is 14.1. The molecule has 2 aromatic rings. The van der Waals surface area contributed by atoms with Crippen molar-refractivity contribution < 1.29 is 10.2 Å². The van der Waals surface area contributed by atoms with Crippen LogP contribution in [0.5, 0.6) is 0 Å². The van der Waals surface area contributed by atoms with Gasteiger partial charge in [0.2, 0.25) is 0 Å². The third-order valence-corrected chi connectivity index (χ3v) is 7.58. The number of hydrogen-bond acceptors (Lipinski definition) is 4. The fourth-order valence-corrected chi connectivity index (χ4v) is 5.66. The normalized spacial score (nSPS) is 12.7. The van der Waals surface area contributed by atoms with E-state index in [0.717, 1.165) is 24.1 Å². The minimum atomic E-state index is -1.02. The van der Waals surface area contributed by atoms with Crippen LogP contribution in [-0.2, 0) is 0 Å². The van der Waals surface area contributed by atoms with Crippen molar-refractivity contribution >= 4 is 23.1 Å². The van der Waals surface area contributed by atoms with Crippen molar-refractivity contribution in [1.29, 1.82) is 0 Å². The van der Waals surface area contributed by atoms with Crippen LogP contribution in [0.25, 0.3) is 0 Å². The Kier molecular flexibility index (Phi) is 11.2. The zero-order valence-corrected chi connectivity index (χ0v) is 24.8. The maximum absolute atomic E-state index is 10.0. The smallest absolute Gasteiger partial charge is 0.120 e. The van der Waals surface area contributed by atoms with Gasteiger partial charge in [-0.2, -0.15) is 0 Å². The number of aliphatic hydroxyl groups is 2. The lowest BCUT2D eigenvalue weighted by molar-refractivity contribution is 0.143. The van der Waals surface area contributed by atoms with Gasteiger partial charge in [-0.3, -0.25) is 0 Å². The summed E-state index contributed by atoms with van der Waals surface area (Å²) in [7, 11) is 0. The largest absolute Gasteiger partial charge is 0.378 e. The standard InChI is InChI=1S/C34H45NO2S/c1-6-7-8-9-10-11-12-13-14-15-24-35-29-18-16-27(20-22-33(2,3)36)25-31(29)38-32-26-28(17-19-30(32)35)21-23-34(4,5)37/h16-19,25-26,36-37H,6-15,24H2,1-5H3. The summed E-state index contributed by atoms with van der Waals surface area (Å²) in [5.74, 6) is 12.1. The van der Waals surface area contributed by atoms with Crippen molar-refractivity contribution in [2.75, 3.05) is 11.4 Å². The second-order valence-corrected chi connectivity index (χ2v) is 12.5. The number of rotatable bonds is 11. The Morgan fingerprint density at radius 3 is 1.50 bits per heavy atom. The molecule has 3 nitrogen and oxygen atoms in total. The van der Waals surface area contributed by atoms with Crippen LogP contribution in [0, 0.1) is 23.7 Å². The van der Waals surface area contributed by atoms with Gasteiger partial charge < -0.3 is 15.1 Å². The van der Waals surface area contributed by atoms with E-state index >= 15 is 0 Å². The average molecular weight is 532 g/mol. The quantitative estimate of drug-likeness (QED) is 0.225. The Bertz CT molecular complexity index is 1100. The number of unbranched alkanes of at least 4 members (excludes halogenated alkanes) is 9. The highest BCUT2D eigenvalue weighted by Crippen LogP contribution is 2.48. The van der Waals surface area contributed by atoms with Crippen LogP contribution >= 0.6 is 11.8 Å². The molecule has 0 aliphatic carbocycles. The molecule has 0 fully saturated rings. The lowest BCUT2D eigenvalue weighted by atomic mass is 10.1. The van der Waals surface area contributed by atoms with E-state index in [1.54, 1.807) is 39.5 Å². The van der Waals surface area contributed by atoms with Crippen molar-refractivity contribution in [3.63, 3.8) is 0 Å². The van der Waals surface area contributed by atoms with E-state index in [1.807, 2.05) is 0 Å². The molecule has 0 bridgehead atoms. The summed E-state index contributed by atoms with van der Waals surface area (Å²) in [5.41, 5.74) is 2.18. The summed E-state index contributed by atoms with van der Waals surface area (Å²) >= 11 is 1.74. The highest BCUT2D eigenvalue weighted by Gasteiger charge is 2.24. The molecule has 1 aliphatic rings. The maximum Gasteiger partial charge on any atom is 0.120 e. The molecule has 204 valence electrons. The monoisotopic (exact) mass is 531 g/mol. The molecule has 0 radical (unpaired) electrons. The Morgan fingerprint density at radius 1 is 0.658 bits per heavy atom. The highest BCUT2D eigenvalue weighted by atomic mass is 32.2. The number of nitrogens with zero attached hydrogens (tertiary/aromatic N) is 1. The first-order chi connectivity index (χ1) is 18.1. The van der Waals surface area contributed by atoms with E-state index in [1.165, 1.54) is 79.0 Å². The molecule has 1 heterocycles. The molecule has 4 heteroatoms. The van der Waals surface area contributed by atoms with Gasteiger partial charge in [0.1, 0.15) is 11.2 Å². The van der Waals surface area contributed by atoms with Crippen molar-refractivity contribution in [3.8, 4) is 23.7 Å². The van der Waals surface area contributed by atoms with Gasteiger partial charge >= 0.3 is 0 Å². The number of hydrogen-bond donors (Lipinski definition) is 2. The molecular formula is C34H45NO2S. The van der Waals surface area contributed by atoms with Gasteiger partial charge in [-0.25, -0.2) is 0 Å². The van der Waals surface area contributed by atoms with Crippen molar-refractivity contribution in [3.05, 3.63) is 47.5 Å². The predicted octanol–water partition coefficient (Wildman–Crippen LogP) is 8.46.